The second kappa shape index (κ2) is 9.54. The highest BCUT2D eigenvalue weighted by molar-refractivity contribution is 9.10. The van der Waals surface area contributed by atoms with Crippen molar-refractivity contribution in [3.63, 3.8) is 0 Å². The third-order valence-electron chi connectivity index (χ3n) is 6.94. The van der Waals surface area contributed by atoms with Gasteiger partial charge in [0.1, 0.15) is 0 Å². The summed E-state index contributed by atoms with van der Waals surface area (Å²) in [6, 6.07) is 5.48. The first-order valence-electron chi connectivity index (χ1n) is 12.0. The molecule has 0 aliphatic heterocycles. The third-order valence-corrected chi connectivity index (χ3v) is 9.89. The van der Waals surface area contributed by atoms with E-state index in [2.05, 4.69) is 34.4 Å². The van der Waals surface area contributed by atoms with Crippen LogP contribution in [0.1, 0.15) is 71.8 Å². The van der Waals surface area contributed by atoms with Crippen LogP contribution in [0, 0.1) is 13.8 Å². The first kappa shape index (κ1) is 25.6. The van der Waals surface area contributed by atoms with Crippen LogP contribution in [0.25, 0.3) is 10.9 Å². The number of aromatic nitrogens is 2. The van der Waals surface area contributed by atoms with E-state index in [0.29, 0.717) is 52.2 Å². The molecule has 186 valence electrons. The van der Waals surface area contributed by atoms with Gasteiger partial charge in [-0.25, -0.2) is 12.4 Å². The number of benzene rings is 1. The molecule has 1 N–H and O–H groups in total. The number of H-pyrrole nitrogens is 1. The van der Waals surface area contributed by atoms with E-state index in [4.69, 9.17) is 0 Å². The van der Waals surface area contributed by atoms with Gasteiger partial charge >= 0.3 is 0 Å². The summed E-state index contributed by atoms with van der Waals surface area (Å²) < 4.78 is 28.3. The molecule has 2 heterocycles. The Morgan fingerprint density at radius 1 is 1.23 bits per heavy atom. The summed E-state index contributed by atoms with van der Waals surface area (Å²) in [5, 5.41) is 0.641. The predicted octanol–water partition coefficient (Wildman–Crippen LogP) is 5.76. The summed E-state index contributed by atoms with van der Waals surface area (Å²) in [4.78, 5) is 28.9. The number of carbonyl (C=O) groups excluding carboxylic acids is 1. The number of nitrogens with zero attached hydrogens (tertiary/aromatic N) is 1. The van der Waals surface area contributed by atoms with E-state index in [1.165, 1.54) is 3.97 Å². The van der Waals surface area contributed by atoms with Crippen molar-refractivity contribution >= 4 is 42.6 Å². The number of allylic oxidation sites excluding steroid dienone is 1. The molecule has 0 bridgehead atoms. The maximum atomic E-state index is 13.6. The number of aryl methyl sites for hydroxylation is 3. The molecule has 1 aromatic carbocycles. The second-order valence-electron chi connectivity index (χ2n) is 9.59. The van der Waals surface area contributed by atoms with Crippen LogP contribution in [0.15, 0.2) is 46.3 Å². The number of rotatable bonds is 10. The zero-order valence-electron chi connectivity index (χ0n) is 20.4. The quantitative estimate of drug-likeness (QED) is 0.253. The molecule has 0 amide bonds. The second-order valence-corrected chi connectivity index (χ2v) is 12.7. The van der Waals surface area contributed by atoms with Crippen molar-refractivity contribution in [1.82, 2.24) is 8.96 Å². The standard InChI is InChI=1S/C27H31BrN2O4S/c1-5-7-19-13-18(4)29-26(32)21(19)8-9-24(31)22-14-20(28)15-23-25(22)17(3)16-30(23)35(33,34)27(10-6-2)11-12-27/h6,13-16H,2,5,7-12H2,1,3-4H3,(H,29,32). The van der Waals surface area contributed by atoms with Gasteiger partial charge in [0.25, 0.3) is 5.56 Å². The average Bonchev–Trinajstić information content (AvgIpc) is 3.50. The van der Waals surface area contributed by atoms with Crippen LogP contribution in [0.5, 0.6) is 0 Å². The highest BCUT2D eigenvalue weighted by Crippen LogP contribution is 2.48. The molecule has 2 aromatic heterocycles. The van der Waals surface area contributed by atoms with E-state index in [9.17, 15) is 18.0 Å². The van der Waals surface area contributed by atoms with Gasteiger partial charge in [-0.2, -0.15) is 0 Å². The fraction of sp³-hybridized carbons (Fsp3) is 0.407. The molecule has 1 aliphatic rings. The van der Waals surface area contributed by atoms with Crippen LogP contribution in [0.4, 0.5) is 0 Å². The largest absolute Gasteiger partial charge is 0.326 e. The first-order valence-corrected chi connectivity index (χ1v) is 14.2. The number of fused-ring (bicyclic) bond motifs is 1. The predicted molar refractivity (Wildman–Crippen MR) is 144 cm³/mol. The van der Waals surface area contributed by atoms with Gasteiger partial charge in [0.05, 0.1) is 10.3 Å². The van der Waals surface area contributed by atoms with Crippen LogP contribution in [0.3, 0.4) is 0 Å². The molecule has 0 saturated heterocycles. The zero-order valence-corrected chi connectivity index (χ0v) is 22.8. The van der Waals surface area contributed by atoms with Gasteiger partial charge in [0.15, 0.2) is 5.78 Å². The van der Waals surface area contributed by atoms with Crippen molar-refractivity contribution in [2.45, 2.75) is 70.5 Å². The molecule has 0 unspecified atom stereocenters. The molecular formula is C27H31BrN2O4S. The Labute approximate surface area is 214 Å². The molecule has 1 aliphatic carbocycles. The van der Waals surface area contributed by atoms with Crippen molar-refractivity contribution in [1.29, 1.82) is 0 Å². The molecule has 4 rings (SSSR count). The number of carbonyl (C=O) groups is 1. The first-order chi connectivity index (χ1) is 16.5. The Morgan fingerprint density at radius 2 is 1.94 bits per heavy atom. The van der Waals surface area contributed by atoms with E-state index >= 15 is 0 Å². The number of halogens is 1. The number of hydrogen-bond acceptors (Lipinski definition) is 4. The monoisotopic (exact) mass is 558 g/mol. The molecule has 1 saturated carbocycles. The Hall–Kier alpha value is -2.45. The number of Topliss-reactive ketones (excluding diaryl/α,β-unsaturated/α-hetero) is 1. The minimum Gasteiger partial charge on any atom is -0.326 e. The van der Waals surface area contributed by atoms with Crippen LogP contribution in [0.2, 0.25) is 0 Å². The number of hydrogen-bond donors (Lipinski definition) is 1. The SMILES string of the molecule is C=CCC1(S(=O)(=O)n2cc(C)c3c(C(=O)CCc4c(CCC)cc(C)[nH]c4=O)cc(Br)cc32)CC1. The van der Waals surface area contributed by atoms with Crippen molar-refractivity contribution in [2.24, 2.45) is 0 Å². The Morgan fingerprint density at radius 3 is 2.57 bits per heavy atom. The van der Waals surface area contributed by atoms with Gasteiger partial charge < -0.3 is 4.98 Å². The Kier molecular flexibility index (Phi) is 6.99. The Bertz CT molecular complexity index is 1490. The molecule has 0 radical (unpaired) electrons. The van der Waals surface area contributed by atoms with Crippen LogP contribution < -0.4 is 5.56 Å². The lowest BCUT2D eigenvalue weighted by molar-refractivity contribution is 0.0984. The number of nitrogens with one attached hydrogen (secondary N) is 1. The minimum absolute atomic E-state index is 0.121. The average molecular weight is 560 g/mol. The van der Waals surface area contributed by atoms with E-state index in [-0.39, 0.29) is 17.8 Å². The van der Waals surface area contributed by atoms with Crippen LogP contribution >= 0.6 is 15.9 Å². The van der Waals surface area contributed by atoms with Crippen molar-refractivity contribution in [3.05, 3.63) is 79.8 Å². The van der Waals surface area contributed by atoms with E-state index in [1.807, 2.05) is 19.9 Å². The van der Waals surface area contributed by atoms with Gasteiger partial charge in [-0.3, -0.25) is 9.59 Å². The number of aromatic amines is 1. The summed E-state index contributed by atoms with van der Waals surface area (Å²) in [5.74, 6) is -0.121. The fourth-order valence-electron chi connectivity index (χ4n) is 5.01. The fourth-order valence-corrected chi connectivity index (χ4v) is 7.52. The van der Waals surface area contributed by atoms with Gasteiger partial charge in [-0.15, -0.1) is 6.58 Å². The number of ketones is 1. The lowest BCUT2D eigenvalue weighted by Crippen LogP contribution is -2.28. The maximum absolute atomic E-state index is 13.6. The lowest BCUT2D eigenvalue weighted by Gasteiger charge is -2.16. The number of pyridine rings is 1. The molecule has 35 heavy (non-hydrogen) atoms. The topological polar surface area (TPSA) is 89.0 Å². The minimum atomic E-state index is -3.66. The van der Waals surface area contributed by atoms with Gasteiger partial charge in [0.2, 0.25) is 10.0 Å². The van der Waals surface area contributed by atoms with Crippen LogP contribution in [-0.4, -0.2) is 27.9 Å². The van der Waals surface area contributed by atoms with E-state index < -0.39 is 14.8 Å². The Balaban J connectivity index is 1.73. The van der Waals surface area contributed by atoms with E-state index in [0.717, 1.165) is 29.7 Å². The highest BCUT2D eigenvalue weighted by atomic mass is 79.9. The van der Waals surface area contributed by atoms with Gasteiger partial charge in [0, 0.05) is 39.3 Å². The summed E-state index contributed by atoms with van der Waals surface area (Å²) in [6.07, 6.45) is 7.07. The highest BCUT2D eigenvalue weighted by Gasteiger charge is 2.54. The van der Waals surface area contributed by atoms with Crippen molar-refractivity contribution in [3.8, 4) is 0 Å². The third kappa shape index (κ3) is 4.58. The normalized spacial score (nSPS) is 14.9. The van der Waals surface area contributed by atoms with Crippen molar-refractivity contribution in [2.75, 3.05) is 0 Å². The summed E-state index contributed by atoms with van der Waals surface area (Å²) in [5.41, 5.74) is 3.98. The van der Waals surface area contributed by atoms with Gasteiger partial charge in [-0.1, -0.05) is 35.4 Å². The summed E-state index contributed by atoms with van der Waals surface area (Å²) in [7, 11) is -3.66. The molecule has 0 atom stereocenters. The molecular weight excluding hydrogens is 528 g/mol. The van der Waals surface area contributed by atoms with Crippen LogP contribution in [-0.2, 0) is 22.9 Å². The van der Waals surface area contributed by atoms with E-state index in [1.54, 1.807) is 24.4 Å². The summed E-state index contributed by atoms with van der Waals surface area (Å²) in [6.45, 7) is 9.48. The smallest absolute Gasteiger partial charge is 0.251 e. The lowest BCUT2D eigenvalue weighted by atomic mass is 9.96. The zero-order chi connectivity index (χ0) is 25.5. The molecule has 1 fully saturated rings. The molecule has 0 spiro atoms. The summed E-state index contributed by atoms with van der Waals surface area (Å²) >= 11 is 3.47. The maximum Gasteiger partial charge on any atom is 0.251 e. The molecule has 3 aromatic rings. The van der Waals surface area contributed by atoms with Gasteiger partial charge in [-0.05, 0) is 75.3 Å². The molecule has 6 nitrogen and oxygen atoms in total. The van der Waals surface area contributed by atoms with Crippen molar-refractivity contribution < 1.29 is 13.2 Å². The molecule has 8 heteroatoms.